The summed E-state index contributed by atoms with van der Waals surface area (Å²) in [6, 6.07) is 5.33. The van der Waals surface area contributed by atoms with Crippen molar-refractivity contribution in [2.24, 2.45) is 5.41 Å². The first kappa shape index (κ1) is 17.5. The third kappa shape index (κ3) is 3.54. The van der Waals surface area contributed by atoms with Crippen LogP contribution in [-0.2, 0) is 14.3 Å². The average molecular weight is 344 g/mol. The number of amides is 2. The van der Waals surface area contributed by atoms with Gasteiger partial charge in [0.15, 0.2) is 0 Å². The molecule has 0 aliphatic carbocycles. The summed E-state index contributed by atoms with van der Waals surface area (Å²) >= 11 is 0. The second kappa shape index (κ2) is 6.88. The predicted octanol–water partition coefficient (Wildman–Crippen LogP) is 2.74. The predicted molar refractivity (Wildman–Crippen MR) is 95.9 cm³/mol. The largest absolute Gasteiger partial charge is 0.490 e. The second-order valence-corrected chi connectivity index (χ2v) is 7.05. The minimum Gasteiger partial charge on any atom is -0.490 e. The van der Waals surface area contributed by atoms with Crippen LogP contribution in [0.2, 0.25) is 0 Å². The smallest absolute Gasteiger partial charge is 0.253 e. The molecule has 0 spiro atoms. The van der Waals surface area contributed by atoms with Gasteiger partial charge < -0.3 is 19.7 Å². The molecule has 6 heteroatoms. The second-order valence-electron chi connectivity index (χ2n) is 7.05. The lowest BCUT2D eigenvalue weighted by Crippen LogP contribution is -2.42. The molecule has 1 fully saturated rings. The lowest BCUT2D eigenvalue weighted by atomic mass is 9.93. The van der Waals surface area contributed by atoms with Crippen molar-refractivity contribution in [3.63, 3.8) is 0 Å². The first-order valence-corrected chi connectivity index (χ1v) is 8.54. The van der Waals surface area contributed by atoms with E-state index in [1.54, 1.807) is 29.2 Å². The molecule has 0 saturated carbocycles. The molecule has 1 aromatic carbocycles. The number of anilines is 2. The number of fused-ring (bicyclic) bond motifs is 1. The van der Waals surface area contributed by atoms with Gasteiger partial charge in [0.2, 0.25) is 5.91 Å². The Morgan fingerprint density at radius 3 is 2.96 bits per heavy atom. The highest BCUT2D eigenvalue weighted by Crippen LogP contribution is 2.38. The molecule has 2 aliphatic rings. The third-order valence-electron chi connectivity index (χ3n) is 4.46. The molecule has 0 radical (unpaired) electrons. The summed E-state index contributed by atoms with van der Waals surface area (Å²) in [4.78, 5) is 26.7. The van der Waals surface area contributed by atoms with Crippen LogP contribution in [0.4, 0.5) is 11.4 Å². The van der Waals surface area contributed by atoms with Crippen LogP contribution in [0.25, 0.3) is 0 Å². The summed E-state index contributed by atoms with van der Waals surface area (Å²) < 4.78 is 11.3. The average Bonchev–Trinajstić information content (AvgIpc) is 3.10. The maximum absolute atomic E-state index is 12.8. The van der Waals surface area contributed by atoms with Gasteiger partial charge in [0.25, 0.3) is 5.91 Å². The number of carbonyl (C=O) groups excluding carboxylic acids is 2. The summed E-state index contributed by atoms with van der Waals surface area (Å²) in [5, 5.41) is 2.87. The van der Waals surface area contributed by atoms with Crippen molar-refractivity contribution >= 4 is 23.2 Å². The Labute approximate surface area is 147 Å². The topological polar surface area (TPSA) is 67.9 Å². The zero-order chi connectivity index (χ0) is 18.0. The van der Waals surface area contributed by atoms with E-state index < -0.39 is 11.5 Å². The van der Waals surface area contributed by atoms with E-state index in [0.717, 1.165) is 12.8 Å². The Hall–Kier alpha value is -2.34. The molecule has 1 N–H and O–H groups in total. The standard InChI is InChI=1S/C19H24N2O4/c1-4-9-21-14-8-7-13(20-17(22)15-6-5-10-24-15)11-16(14)25-12-19(2,3)18(21)23/h4,7-8,11,15H,1,5-6,9-10,12H2,2-3H3,(H,20,22)/t15-/m0/s1. The number of ether oxygens (including phenoxy) is 2. The summed E-state index contributed by atoms with van der Waals surface area (Å²) in [5.41, 5.74) is 0.680. The molecule has 134 valence electrons. The first-order valence-electron chi connectivity index (χ1n) is 8.54. The highest BCUT2D eigenvalue weighted by atomic mass is 16.5. The van der Waals surface area contributed by atoms with E-state index in [1.165, 1.54) is 0 Å². The van der Waals surface area contributed by atoms with Gasteiger partial charge >= 0.3 is 0 Å². The van der Waals surface area contributed by atoms with Crippen LogP contribution in [0.5, 0.6) is 5.75 Å². The van der Waals surface area contributed by atoms with Gasteiger partial charge in [-0.1, -0.05) is 6.08 Å². The SMILES string of the molecule is C=CCN1C(=O)C(C)(C)COc2cc(NC(=O)[C@@H]3CCCO3)ccc21. The van der Waals surface area contributed by atoms with Gasteiger partial charge in [-0.25, -0.2) is 0 Å². The molecule has 0 unspecified atom stereocenters. The molecule has 0 bridgehead atoms. The van der Waals surface area contributed by atoms with Crippen molar-refractivity contribution in [1.82, 2.24) is 0 Å². The van der Waals surface area contributed by atoms with Gasteiger partial charge in [-0.15, -0.1) is 6.58 Å². The maximum atomic E-state index is 12.8. The van der Waals surface area contributed by atoms with Crippen molar-refractivity contribution in [2.75, 3.05) is 30.0 Å². The van der Waals surface area contributed by atoms with E-state index in [-0.39, 0.29) is 18.4 Å². The number of hydrogen-bond donors (Lipinski definition) is 1. The fraction of sp³-hybridized carbons (Fsp3) is 0.474. The van der Waals surface area contributed by atoms with E-state index >= 15 is 0 Å². The quantitative estimate of drug-likeness (QED) is 0.853. The van der Waals surface area contributed by atoms with Gasteiger partial charge in [0, 0.05) is 24.9 Å². The summed E-state index contributed by atoms with van der Waals surface area (Å²) in [7, 11) is 0. The minimum atomic E-state index is -0.636. The third-order valence-corrected chi connectivity index (χ3v) is 4.46. The van der Waals surface area contributed by atoms with E-state index in [4.69, 9.17) is 9.47 Å². The molecule has 1 saturated heterocycles. The van der Waals surface area contributed by atoms with Crippen LogP contribution in [-0.4, -0.2) is 37.7 Å². The zero-order valence-corrected chi connectivity index (χ0v) is 14.7. The molecular weight excluding hydrogens is 320 g/mol. The van der Waals surface area contributed by atoms with E-state index in [1.807, 2.05) is 13.8 Å². The molecule has 6 nitrogen and oxygen atoms in total. The van der Waals surface area contributed by atoms with E-state index in [0.29, 0.717) is 30.3 Å². The number of carbonyl (C=O) groups is 2. The van der Waals surface area contributed by atoms with Gasteiger partial charge in [0.1, 0.15) is 18.5 Å². The van der Waals surface area contributed by atoms with Gasteiger partial charge in [-0.05, 0) is 38.8 Å². The van der Waals surface area contributed by atoms with Crippen LogP contribution >= 0.6 is 0 Å². The van der Waals surface area contributed by atoms with E-state index in [9.17, 15) is 9.59 Å². The van der Waals surface area contributed by atoms with E-state index in [2.05, 4.69) is 11.9 Å². The van der Waals surface area contributed by atoms with Crippen molar-refractivity contribution in [3.05, 3.63) is 30.9 Å². The van der Waals surface area contributed by atoms with Crippen LogP contribution < -0.4 is 15.0 Å². The fourth-order valence-electron chi connectivity index (χ4n) is 3.04. The van der Waals surface area contributed by atoms with Crippen LogP contribution in [0.3, 0.4) is 0 Å². The Morgan fingerprint density at radius 2 is 2.28 bits per heavy atom. The van der Waals surface area contributed by atoms with Crippen molar-refractivity contribution in [1.29, 1.82) is 0 Å². The first-order chi connectivity index (χ1) is 11.9. The number of benzene rings is 1. The summed E-state index contributed by atoms with van der Waals surface area (Å²) in [5.74, 6) is 0.415. The Kier molecular flexibility index (Phi) is 4.81. The Balaban J connectivity index is 1.86. The Bertz CT molecular complexity index is 693. The van der Waals surface area contributed by atoms with Crippen LogP contribution in [0.15, 0.2) is 30.9 Å². The van der Waals surface area contributed by atoms with Gasteiger partial charge in [-0.2, -0.15) is 0 Å². The number of rotatable bonds is 4. The van der Waals surface area contributed by atoms with Crippen molar-refractivity contribution in [2.45, 2.75) is 32.8 Å². The Morgan fingerprint density at radius 1 is 1.48 bits per heavy atom. The van der Waals surface area contributed by atoms with Gasteiger partial charge in [-0.3, -0.25) is 9.59 Å². The van der Waals surface area contributed by atoms with Crippen molar-refractivity contribution in [3.8, 4) is 5.75 Å². The molecular formula is C19H24N2O4. The van der Waals surface area contributed by atoms with Crippen LogP contribution in [0, 0.1) is 5.41 Å². The molecule has 0 aromatic heterocycles. The number of nitrogens with zero attached hydrogens (tertiary/aromatic N) is 1. The molecule has 1 aromatic rings. The molecule has 3 rings (SSSR count). The molecule has 2 heterocycles. The molecule has 1 atom stereocenters. The molecule has 2 aliphatic heterocycles. The minimum absolute atomic E-state index is 0.0118. The van der Waals surface area contributed by atoms with Crippen LogP contribution in [0.1, 0.15) is 26.7 Å². The maximum Gasteiger partial charge on any atom is 0.253 e. The zero-order valence-electron chi connectivity index (χ0n) is 14.7. The fourth-order valence-corrected chi connectivity index (χ4v) is 3.04. The normalized spacial score (nSPS) is 21.9. The lowest BCUT2D eigenvalue weighted by molar-refractivity contribution is -0.127. The van der Waals surface area contributed by atoms with Gasteiger partial charge in [0.05, 0.1) is 11.1 Å². The van der Waals surface area contributed by atoms with Crippen molar-refractivity contribution < 1.29 is 19.1 Å². The molecule has 2 amide bonds. The highest BCUT2D eigenvalue weighted by Gasteiger charge is 2.37. The number of hydrogen-bond acceptors (Lipinski definition) is 4. The lowest BCUT2D eigenvalue weighted by Gasteiger charge is -2.27. The summed E-state index contributed by atoms with van der Waals surface area (Å²) in [6.07, 6.45) is 2.94. The number of nitrogens with one attached hydrogen (secondary N) is 1. The highest BCUT2D eigenvalue weighted by molar-refractivity contribution is 6.00. The monoisotopic (exact) mass is 344 g/mol. The summed E-state index contributed by atoms with van der Waals surface area (Å²) in [6.45, 7) is 8.75. The molecule has 25 heavy (non-hydrogen) atoms.